The molecule has 2 aromatic rings. The Hall–Kier alpha value is -2.36. The maximum absolute atomic E-state index is 4.48. The van der Waals surface area contributed by atoms with Gasteiger partial charge < -0.3 is 10.2 Å². The Morgan fingerprint density at radius 2 is 1.88 bits per heavy atom. The summed E-state index contributed by atoms with van der Waals surface area (Å²) in [7, 11) is 1.88. The lowest BCUT2D eigenvalue weighted by Crippen LogP contribution is -2.46. The molecule has 1 saturated heterocycles. The first-order valence-electron chi connectivity index (χ1n) is 9.65. The maximum atomic E-state index is 4.48. The van der Waals surface area contributed by atoms with Crippen molar-refractivity contribution in [3.8, 4) is 0 Å². The minimum absolute atomic E-state index is 0.783. The zero-order chi connectivity index (χ0) is 18.2. The Balaban J connectivity index is 1.42. The molecule has 4 nitrogen and oxygen atoms in total. The molecular weight excluding hydrogens is 320 g/mol. The zero-order valence-electron chi connectivity index (χ0n) is 16.0. The fraction of sp³-hybridized carbons (Fsp3) is 0.455. The highest BCUT2D eigenvalue weighted by atomic mass is 15.3. The third-order valence-corrected chi connectivity index (χ3v) is 5.16. The van der Waals surface area contributed by atoms with Crippen LogP contribution in [0.5, 0.6) is 0 Å². The number of guanidine groups is 1. The minimum Gasteiger partial charge on any atom is -0.356 e. The molecule has 26 heavy (non-hydrogen) atoms. The fourth-order valence-electron chi connectivity index (χ4n) is 3.59. The lowest BCUT2D eigenvalue weighted by Gasteiger charge is -2.34. The average Bonchev–Trinajstić information content (AvgIpc) is 2.68. The monoisotopic (exact) mass is 350 g/mol. The van der Waals surface area contributed by atoms with E-state index in [4.69, 9.17) is 0 Å². The van der Waals surface area contributed by atoms with Crippen molar-refractivity contribution in [1.82, 2.24) is 15.2 Å². The number of aromatic nitrogens is 1. The van der Waals surface area contributed by atoms with Gasteiger partial charge >= 0.3 is 0 Å². The van der Waals surface area contributed by atoms with Crippen LogP contribution in [0.1, 0.15) is 29.7 Å². The molecule has 1 N–H and O–H groups in total. The van der Waals surface area contributed by atoms with Crippen LogP contribution in [0.2, 0.25) is 0 Å². The molecule has 4 heteroatoms. The van der Waals surface area contributed by atoms with Gasteiger partial charge in [0, 0.05) is 38.6 Å². The number of aliphatic imine (C=N–C) groups is 1. The number of aryl methyl sites for hydroxylation is 1. The third-order valence-electron chi connectivity index (χ3n) is 5.16. The standard InChI is InChI=1S/C22H30N4/c1-18-8-9-21(17-25-18)10-13-24-22(23-2)26-14-11-20(12-15-26)16-19-6-4-3-5-7-19/h3-9,17,20H,10-16H2,1-2H3,(H,23,24). The van der Waals surface area contributed by atoms with Crippen molar-refractivity contribution in [3.63, 3.8) is 0 Å². The summed E-state index contributed by atoms with van der Waals surface area (Å²) in [6.45, 7) is 5.08. The van der Waals surface area contributed by atoms with E-state index in [0.29, 0.717) is 0 Å². The van der Waals surface area contributed by atoms with Gasteiger partial charge in [0.15, 0.2) is 5.96 Å². The second-order valence-corrected chi connectivity index (χ2v) is 7.15. The summed E-state index contributed by atoms with van der Waals surface area (Å²) in [6.07, 6.45) is 6.60. The number of rotatable bonds is 5. The van der Waals surface area contributed by atoms with Gasteiger partial charge in [-0.05, 0) is 55.7 Å². The first-order chi connectivity index (χ1) is 12.7. The van der Waals surface area contributed by atoms with E-state index in [1.54, 1.807) is 0 Å². The Bertz CT molecular complexity index is 686. The van der Waals surface area contributed by atoms with E-state index in [-0.39, 0.29) is 0 Å². The van der Waals surface area contributed by atoms with Gasteiger partial charge in [-0.15, -0.1) is 0 Å². The maximum Gasteiger partial charge on any atom is 0.193 e. The van der Waals surface area contributed by atoms with E-state index < -0.39 is 0 Å². The number of nitrogens with zero attached hydrogens (tertiary/aromatic N) is 3. The fourth-order valence-corrected chi connectivity index (χ4v) is 3.59. The molecule has 0 aliphatic carbocycles. The first-order valence-corrected chi connectivity index (χ1v) is 9.65. The van der Waals surface area contributed by atoms with Crippen LogP contribution >= 0.6 is 0 Å². The Morgan fingerprint density at radius 3 is 2.54 bits per heavy atom. The van der Waals surface area contributed by atoms with E-state index in [1.807, 2.05) is 20.2 Å². The summed E-state index contributed by atoms with van der Waals surface area (Å²) < 4.78 is 0. The molecule has 2 heterocycles. The van der Waals surface area contributed by atoms with Crippen molar-refractivity contribution in [2.75, 3.05) is 26.7 Å². The quantitative estimate of drug-likeness (QED) is 0.663. The Labute approximate surface area is 157 Å². The molecule has 1 aromatic carbocycles. The molecule has 3 rings (SSSR count). The van der Waals surface area contributed by atoms with E-state index >= 15 is 0 Å². The molecule has 138 valence electrons. The van der Waals surface area contributed by atoms with Crippen LogP contribution in [-0.4, -0.2) is 42.5 Å². The number of nitrogens with one attached hydrogen (secondary N) is 1. The average molecular weight is 351 g/mol. The van der Waals surface area contributed by atoms with Crippen LogP contribution in [0.3, 0.4) is 0 Å². The molecular formula is C22H30N4. The van der Waals surface area contributed by atoms with Crippen molar-refractivity contribution in [3.05, 3.63) is 65.5 Å². The highest BCUT2D eigenvalue weighted by Gasteiger charge is 2.21. The summed E-state index contributed by atoms with van der Waals surface area (Å²) in [5.74, 6) is 1.81. The molecule has 1 fully saturated rings. The van der Waals surface area contributed by atoms with Gasteiger partial charge in [-0.2, -0.15) is 0 Å². The summed E-state index contributed by atoms with van der Waals surface area (Å²) >= 11 is 0. The smallest absolute Gasteiger partial charge is 0.193 e. The normalized spacial score (nSPS) is 15.9. The van der Waals surface area contributed by atoms with Gasteiger partial charge in [-0.3, -0.25) is 9.98 Å². The van der Waals surface area contributed by atoms with Crippen LogP contribution in [0.15, 0.2) is 53.7 Å². The van der Waals surface area contributed by atoms with E-state index in [1.165, 1.54) is 30.4 Å². The van der Waals surface area contributed by atoms with Crippen LogP contribution in [0, 0.1) is 12.8 Å². The lowest BCUT2D eigenvalue weighted by molar-refractivity contribution is 0.259. The predicted octanol–water partition coefficient (Wildman–Crippen LogP) is 3.46. The zero-order valence-corrected chi connectivity index (χ0v) is 16.0. The number of piperidine rings is 1. The largest absolute Gasteiger partial charge is 0.356 e. The minimum atomic E-state index is 0.783. The first kappa shape index (κ1) is 18.4. The number of likely N-dealkylation sites (tertiary alicyclic amines) is 1. The number of hydrogen-bond donors (Lipinski definition) is 1. The van der Waals surface area contributed by atoms with Crippen LogP contribution < -0.4 is 5.32 Å². The molecule has 1 aliphatic rings. The lowest BCUT2D eigenvalue weighted by atomic mass is 9.90. The molecule has 0 spiro atoms. The van der Waals surface area contributed by atoms with Gasteiger partial charge in [-0.1, -0.05) is 36.4 Å². The summed E-state index contributed by atoms with van der Waals surface area (Å²) in [6, 6.07) is 15.1. The second kappa shape index (κ2) is 9.37. The highest BCUT2D eigenvalue weighted by Crippen LogP contribution is 2.21. The van der Waals surface area contributed by atoms with E-state index in [9.17, 15) is 0 Å². The molecule has 0 saturated carbocycles. The third kappa shape index (κ3) is 5.32. The van der Waals surface area contributed by atoms with E-state index in [0.717, 1.165) is 43.6 Å². The van der Waals surface area contributed by atoms with Gasteiger partial charge in [0.05, 0.1) is 0 Å². The van der Waals surface area contributed by atoms with Gasteiger partial charge in [0.1, 0.15) is 0 Å². The second-order valence-electron chi connectivity index (χ2n) is 7.15. The molecule has 0 atom stereocenters. The molecule has 1 aliphatic heterocycles. The van der Waals surface area contributed by atoms with Crippen LogP contribution in [0.25, 0.3) is 0 Å². The van der Waals surface area contributed by atoms with E-state index in [2.05, 4.69) is 62.7 Å². The number of pyridine rings is 1. The van der Waals surface area contributed by atoms with Crippen molar-refractivity contribution >= 4 is 5.96 Å². The summed E-state index contributed by atoms with van der Waals surface area (Å²) in [5, 5.41) is 3.51. The van der Waals surface area contributed by atoms with Crippen molar-refractivity contribution in [2.45, 2.75) is 32.6 Å². The van der Waals surface area contributed by atoms with Crippen molar-refractivity contribution < 1.29 is 0 Å². The van der Waals surface area contributed by atoms with Gasteiger partial charge in [0.25, 0.3) is 0 Å². The molecule has 1 aromatic heterocycles. The Morgan fingerprint density at radius 1 is 1.12 bits per heavy atom. The molecule has 0 unspecified atom stereocenters. The number of benzene rings is 1. The molecule has 0 radical (unpaired) electrons. The Kier molecular flexibility index (Phi) is 6.64. The molecule has 0 bridgehead atoms. The molecule has 0 amide bonds. The van der Waals surface area contributed by atoms with Crippen molar-refractivity contribution in [1.29, 1.82) is 0 Å². The van der Waals surface area contributed by atoms with Crippen LogP contribution in [0.4, 0.5) is 0 Å². The highest BCUT2D eigenvalue weighted by molar-refractivity contribution is 5.79. The van der Waals surface area contributed by atoms with Crippen molar-refractivity contribution in [2.24, 2.45) is 10.9 Å². The SMILES string of the molecule is CN=C(NCCc1ccc(C)nc1)N1CCC(Cc2ccccc2)CC1. The number of hydrogen-bond acceptors (Lipinski definition) is 2. The predicted molar refractivity (Wildman–Crippen MR) is 108 cm³/mol. The topological polar surface area (TPSA) is 40.5 Å². The van der Waals surface area contributed by atoms with Crippen LogP contribution in [-0.2, 0) is 12.8 Å². The summed E-state index contributed by atoms with van der Waals surface area (Å²) in [4.78, 5) is 11.2. The van der Waals surface area contributed by atoms with Gasteiger partial charge in [-0.25, -0.2) is 0 Å². The summed E-state index contributed by atoms with van der Waals surface area (Å²) in [5.41, 5.74) is 3.79. The van der Waals surface area contributed by atoms with Gasteiger partial charge in [0.2, 0.25) is 0 Å².